The molecule has 0 bridgehead atoms. The summed E-state index contributed by atoms with van der Waals surface area (Å²) in [4.78, 5) is 27.7. The number of ether oxygens (including phenoxy) is 1. The van der Waals surface area contributed by atoms with Crippen LogP contribution in [0.2, 0.25) is 0 Å². The van der Waals surface area contributed by atoms with Gasteiger partial charge in [-0.25, -0.2) is 4.98 Å². The Hall–Kier alpha value is -3.40. The lowest BCUT2D eigenvalue weighted by Gasteiger charge is -2.09. The molecule has 0 radical (unpaired) electrons. The fourth-order valence-electron chi connectivity index (χ4n) is 2.27. The van der Waals surface area contributed by atoms with Gasteiger partial charge in [-0.15, -0.1) is 0 Å². The van der Waals surface area contributed by atoms with Gasteiger partial charge in [-0.3, -0.25) is 20.0 Å². The van der Waals surface area contributed by atoms with E-state index in [2.05, 4.69) is 20.5 Å². The van der Waals surface area contributed by atoms with E-state index in [0.717, 1.165) is 11.3 Å². The van der Waals surface area contributed by atoms with Gasteiger partial charge in [-0.1, -0.05) is 12.1 Å². The molecule has 2 N–H and O–H groups in total. The molecular formula is C17H15N5O4S. The number of methoxy groups -OCH3 is 1. The van der Waals surface area contributed by atoms with Crippen molar-refractivity contribution >= 4 is 23.4 Å². The number of benzene rings is 2. The Bertz CT molecular complexity index is 944. The van der Waals surface area contributed by atoms with E-state index in [4.69, 9.17) is 4.74 Å². The summed E-state index contributed by atoms with van der Waals surface area (Å²) in [6.07, 6.45) is 1.34. The molecule has 1 heterocycles. The van der Waals surface area contributed by atoms with E-state index >= 15 is 0 Å². The van der Waals surface area contributed by atoms with E-state index in [0.29, 0.717) is 10.1 Å². The number of nitrogens with one attached hydrogen (secondary N) is 2. The summed E-state index contributed by atoms with van der Waals surface area (Å²) in [5.74, 6) is 0.297. The fraction of sp³-hybridized carbons (Fsp3) is 0.118. The Morgan fingerprint density at radius 1 is 1.30 bits per heavy atom. The third kappa shape index (κ3) is 4.61. The second kappa shape index (κ2) is 8.32. The van der Waals surface area contributed by atoms with Gasteiger partial charge in [0.15, 0.2) is 5.16 Å². The maximum atomic E-state index is 12.6. The Morgan fingerprint density at radius 2 is 2.07 bits per heavy atom. The van der Waals surface area contributed by atoms with Crippen LogP contribution in [-0.2, 0) is 6.54 Å². The van der Waals surface area contributed by atoms with Gasteiger partial charge in [0, 0.05) is 23.6 Å². The molecule has 0 atom stereocenters. The van der Waals surface area contributed by atoms with Crippen LogP contribution in [0.25, 0.3) is 0 Å². The third-order valence-electron chi connectivity index (χ3n) is 3.63. The monoisotopic (exact) mass is 385 g/mol. The number of nitrogens with zero attached hydrogens (tertiary/aromatic N) is 3. The van der Waals surface area contributed by atoms with Gasteiger partial charge in [-0.2, -0.15) is 5.10 Å². The van der Waals surface area contributed by atoms with Crippen LogP contribution in [0.1, 0.15) is 15.9 Å². The number of hydrogen-bond acceptors (Lipinski definition) is 7. The van der Waals surface area contributed by atoms with E-state index in [-0.39, 0.29) is 17.8 Å². The largest absolute Gasteiger partial charge is 0.497 e. The van der Waals surface area contributed by atoms with Crippen molar-refractivity contribution in [3.63, 3.8) is 0 Å². The summed E-state index contributed by atoms with van der Waals surface area (Å²) in [5, 5.41) is 20.8. The Kier molecular flexibility index (Phi) is 5.67. The topological polar surface area (TPSA) is 123 Å². The number of nitro groups is 1. The van der Waals surface area contributed by atoms with Crippen molar-refractivity contribution in [3.8, 4) is 5.75 Å². The molecule has 0 aliphatic rings. The van der Waals surface area contributed by atoms with E-state index in [1.165, 1.54) is 36.3 Å². The van der Waals surface area contributed by atoms with Crippen molar-refractivity contribution < 1.29 is 14.5 Å². The van der Waals surface area contributed by atoms with E-state index in [1.807, 2.05) is 12.1 Å². The number of nitro benzene ring substituents is 1. The average molecular weight is 385 g/mol. The Morgan fingerprint density at radius 3 is 2.70 bits per heavy atom. The summed E-state index contributed by atoms with van der Waals surface area (Å²) < 4.78 is 5.10. The second-order valence-corrected chi connectivity index (χ2v) is 6.39. The first-order chi connectivity index (χ1) is 13.1. The van der Waals surface area contributed by atoms with Crippen LogP contribution in [0.15, 0.2) is 58.8 Å². The number of aromatic nitrogens is 3. The summed E-state index contributed by atoms with van der Waals surface area (Å²) in [5.41, 5.74) is 0.907. The number of H-pyrrole nitrogens is 1. The average Bonchev–Trinajstić information content (AvgIpc) is 3.19. The molecule has 0 aliphatic heterocycles. The summed E-state index contributed by atoms with van der Waals surface area (Å²) in [6, 6.07) is 11.4. The van der Waals surface area contributed by atoms with Crippen molar-refractivity contribution in [2.24, 2.45) is 0 Å². The zero-order valence-corrected chi connectivity index (χ0v) is 15.0. The molecule has 2 aromatic carbocycles. The van der Waals surface area contributed by atoms with Gasteiger partial charge in [0.25, 0.3) is 11.6 Å². The van der Waals surface area contributed by atoms with Gasteiger partial charge in [-0.05, 0) is 35.5 Å². The van der Waals surface area contributed by atoms with E-state index in [1.54, 1.807) is 19.2 Å². The first-order valence-corrected chi connectivity index (χ1v) is 8.61. The molecule has 9 nitrogen and oxygen atoms in total. The minimum Gasteiger partial charge on any atom is -0.497 e. The highest BCUT2D eigenvalue weighted by atomic mass is 32.2. The highest BCUT2D eigenvalue weighted by Crippen LogP contribution is 2.30. The SMILES string of the molecule is COc1ccc(CNC(=O)c2cc([N+](=O)[O-])ccc2Sc2ncn[nH]2)cc1. The molecule has 0 saturated heterocycles. The van der Waals surface area contributed by atoms with Crippen LogP contribution in [-0.4, -0.2) is 33.1 Å². The summed E-state index contributed by atoms with van der Waals surface area (Å²) in [6.45, 7) is 0.276. The van der Waals surface area contributed by atoms with E-state index in [9.17, 15) is 14.9 Å². The molecule has 1 aromatic heterocycles. The molecule has 3 aromatic rings. The fourth-order valence-corrected chi connectivity index (χ4v) is 3.07. The summed E-state index contributed by atoms with van der Waals surface area (Å²) in [7, 11) is 1.58. The Balaban J connectivity index is 1.79. The molecule has 0 fully saturated rings. The van der Waals surface area contributed by atoms with Crippen molar-refractivity contribution in [1.82, 2.24) is 20.5 Å². The zero-order chi connectivity index (χ0) is 19.2. The molecule has 1 amide bonds. The molecule has 3 rings (SSSR count). The quantitative estimate of drug-likeness (QED) is 0.473. The Labute approximate surface area is 158 Å². The van der Waals surface area contributed by atoms with Crippen LogP contribution >= 0.6 is 11.8 Å². The number of non-ortho nitro benzene ring substituents is 1. The smallest absolute Gasteiger partial charge is 0.270 e. The van der Waals surface area contributed by atoms with Gasteiger partial charge in [0.05, 0.1) is 17.6 Å². The van der Waals surface area contributed by atoms with Crippen molar-refractivity contribution in [2.75, 3.05) is 7.11 Å². The maximum absolute atomic E-state index is 12.6. The highest BCUT2D eigenvalue weighted by molar-refractivity contribution is 7.99. The van der Waals surface area contributed by atoms with Gasteiger partial charge < -0.3 is 10.1 Å². The van der Waals surface area contributed by atoms with E-state index < -0.39 is 10.8 Å². The number of carbonyl (C=O) groups is 1. The zero-order valence-electron chi connectivity index (χ0n) is 14.2. The van der Waals surface area contributed by atoms with Crippen LogP contribution in [0.4, 0.5) is 5.69 Å². The van der Waals surface area contributed by atoms with Crippen LogP contribution in [0.3, 0.4) is 0 Å². The van der Waals surface area contributed by atoms with Gasteiger partial charge >= 0.3 is 0 Å². The molecule has 10 heteroatoms. The predicted molar refractivity (Wildman–Crippen MR) is 97.8 cm³/mol. The van der Waals surface area contributed by atoms with Crippen molar-refractivity contribution in [2.45, 2.75) is 16.6 Å². The van der Waals surface area contributed by atoms with Crippen LogP contribution < -0.4 is 10.1 Å². The van der Waals surface area contributed by atoms with Gasteiger partial charge in [0.1, 0.15) is 12.1 Å². The molecule has 27 heavy (non-hydrogen) atoms. The molecule has 0 aliphatic carbocycles. The molecule has 0 spiro atoms. The number of carbonyl (C=O) groups excluding carboxylic acids is 1. The lowest BCUT2D eigenvalue weighted by Crippen LogP contribution is -2.23. The first-order valence-electron chi connectivity index (χ1n) is 7.79. The first kappa shape index (κ1) is 18.4. The van der Waals surface area contributed by atoms with Crippen LogP contribution in [0, 0.1) is 10.1 Å². The standard InChI is InChI=1S/C17H15N5O4S/c1-26-13-5-2-11(3-6-13)9-18-16(23)14-8-12(22(24)25)4-7-15(14)27-17-19-10-20-21-17/h2-8,10H,9H2,1H3,(H,18,23)(H,19,20,21). The number of amides is 1. The summed E-state index contributed by atoms with van der Waals surface area (Å²) >= 11 is 1.17. The minimum atomic E-state index is -0.539. The normalized spacial score (nSPS) is 10.4. The number of rotatable bonds is 7. The predicted octanol–water partition coefficient (Wildman–Crippen LogP) is 2.80. The second-order valence-electron chi connectivity index (χ2n) is 5.36. The molecule has 0 unspecified atom stereocenters. The minimum absolute atomic E-state index is 0.161. The molecular weight excluding hydrogens is 370 g/mol. The van der Waals surface area contributed by atoms with Gasteiger partial charge in [0.2, 0.25) is 0 Å². The highest BCUT2D eigenvalue weighted by Gasteiger charge is 2.18. The van der Waals surface area contributed by atoms with Crippen LogP contribution in [0.5, 0.6) is 5.75 Å². The molecule has 0 saturated carbocycles. The lowest BCUT2D eigenvalue weighted by molar-refractivity contribution is -0.384. The lowest BCUT2D eigenvalue weighted by atomic mass is 10.1. The molecule has 138 valence electrons. The number of hydrogen-bond donors (Lipinski definition) is 2. The van der Waals surface area contributed by atoms with Crippen molar-refractivity contribution in [1.29, 1.82) is 0 Å². The maximum Gasteiger partial charge on any atom is 0.270 e. The van der Waals surface area contributed by atoms with Crippen molar-refractivity contribution in [3.05, 3.63) is 70.0 Å². The third-order valence-corrected chi connectivity index (χ3v) is 4.60. The number of aromatic amines is 1.